The van der Waals surface area contributed by atoms with Gasteiger partial charge in [0.1, 0.15) is 22.6 Å². The van der Waals surface area contributed by atoms with Gasteiger partial charge >= 0.3 is 0 Å². The van der Waals surface area contributed by atoms with E-state index < -0.39 is 21.2 Å². The lowest BCUT2D eigenvalue weighted by Crippen LogP contribution is -2.32. The molecular formula is C13H11N3O4S. The van der Waals surface area contributed by atoms with Gasteiger partial charge in [-0.3, -0.25) is 4.79 Å². The van der Waals surface area contributed by atoms with E-state index in [9.17, 15) is 13.2 Å². The van der Waals surface area contributed by atoms with Gasteiger partial charge < -0.3 is 9.32 Å². The Morgan fingerprint density at radius 1 is 1.38 bits per heavy atom. The molecule has 8 heteroatoms. The number of para-hydroxylation sites is 1. The van der Waals surface area contributed by atoms with Gasteiger partial charge in [-0.25, -0.2) is 13.6 Å². The van der Waals surface area contributed by atoms with Gasteiger partial charge in [0.15, 0.2) is 0 Å². The first kappa shape index (κ1) is 13.6. The average Bonchev–Trinajstić information content (AvgIpc) is 2.98. The van der Waals surface area contributed by atoms with E-state index in [1.807, 2.05) is 6.07 Å². The Morgan fingerprint density at radius 3 is 2.71 bits per heavy atom. The molecule has 1 fully saturated rings. The normalized spacial score (nSPS) is 19.1. The van der Waals surface area contributed by atoms with Crippen LogP contribution in [0.2, 0.25) is 0 Å². The van der Waals surface area contributed by atoms with E-state index in [0.29, 0.717) is 16.7 Å². The summed E-state index contributed by atoms with van der Waals surface area (Å²) in [6.07, 6.45) is -0.191. The Bertz CT molecular complexity index is 878. The van der Waals surface area contributed by atoms with Crippen LogP contribution < -0.4 is 10.0 Å². The van der Waals surface area contributed by atoms with Crippen LogP contribution in [0.25, 0.3) is 11.0 Å². The topological polar surface area (TPSA) is 117 Å². The number of sulfonamides is 1. The number of hydrogen-bond acceptors (Lipinski definition) is 5. The Kier molecular flexibility index (Phi) is 2.97. The highest BCUT2D eigenvalue weighted by Crippen LogP contribution is 2.36. The predicted molar refractivity (Wildman–Crippen MR) is 74.8 cm³/mol. The molecule has 2 heterocycles. The lowest BCUT2D eigenvalue weighted by molar-refractivity contribution is -0.117. The number of amides is 1. The zero-order chi connectivity index (χ0) is 15.2. The zero-order valence-corrected chi connectivity index (χ0v) is 11.6. The quantitative estimate of drug-likeness (QED) is 0.876. The van der Waals surface area contributed by atoms with Crippen molar-refractivity contribution in [1.82, 2.24) is 0 Å². The smallest absolute Gasteiger partial charge is 0.228 e. The molecule has 0 aliphatic carbocycles. The van der Waals surface area contributed by atoms with Crippen molar-refractivity contribution in [2.45, 2.75) is 11.7 Å². The van der Waals surface area contributed by atoms with Crippen molar-refractivity contribution in [1.29, 1.82) is 5.26 Å². The fraction of sp³-hybridized carbons (Fsp3) is 0.231. The van der Waals surface area contributed by atoms with Gasteiger partial charge in [0, 0.05) is 18.4 Å². The monoisotopic (exact) mass is 305 g/mol. The maximum absolute atomic E-state index is 12.1. The number of carbonyl (C=O) groups excluding carboxylic acids is 1. The standard InChI is InChI=1S/C13H11N3O4S/c14-6-11-13(9-3-1-2-4-10(9)20-11)16-7-8(5-12(16)17)21(15,18)19/h1-4,8H,5,7H2,(H2,15,18,19). The van der Waals surface area contributed by atoms with Crippen LogP contribution in [0, 0.1) is 11.3 Å². The largest absolute Gasteiger partial charge is 0.443 e. The van der Waals surface area contributed by atoms with E-state index in [1.54, 1.807) is 24.3 Å². The number of furan rings is 1. The van der Waals surface area contributed by atoms with Crippen LogP contribution in [0.1, 0.15) is 12.2 Å². The number of benzene rings is 1. The minimum absolute atomic E-state index is 0.0142. The molecule has 108 valence electrons. The third-order valence-corrected chi connectivity index (χ3v) is 4.74. The molecule has 2 N–H and O–H groups in total. The minimum Gasteiger partial charge on any atom is -0.443 e. The second kappa shape index (κ2) is 4.58. The van der Waals surface area contributed by atoms with Crippen molar-refractivity contribution in [2.24, 2.45) is 5.14 Å². The van der Waals surface area contributed by atoms with Crippen LogP contribution in [-0.4, -0.2) is 26.1 Å². The van der Waals surface area contributed by atoms with Crippen molar-refractivity contribution in [3.63, 3.8) is 0 Å². The third kappa shape index (κ3) is 2.16. The molecule has 0 spiro atoms. The Labute approximate surface area is 120 Å². The molecule has 3 rings (SSSR count). The first-order chi connectivity index (χ1) is 9.91. The maximum atomic E-state index is 12.1. The summed E-state index contributed by atoms with van der Waals surface area (Å²) in [5.41, 5.74) is 0.778. The Hall–Kier alpha value is -2.37. The van der Waals surface area contributed by atoms with Crippen LogP contribution in [0.5, 0.6) is 0 Å². The van der Waals surface area contributed by atoms with Crippen LogP contribution in [0.3, 0.4) is 0 Å². The molecule has 1 unspecified atom stereocenters. The van der Waals surface area contributed by atoms with Gasteiger partial charge in [0.2, 0.25) is 21.7 Å². The fourth-order valence-corrected chi connectivity index (χ4v) is 3.22. The summed E-state index contributed by atoms with van der Waals surface area (Å²) in [7, 11) is -3.81. The van der Waals surface area contributed by atoms with Gasteiger partial charge in [-0.05, 0) is 12.1 Å². The summed E-state index contributed by atoms with van der Waals surface area (Å²) < 4.78 is 28.2. The van der Waals surface area contributed by atoms with Crippen molar-refractivity contribution in [3.8, 4) is 6.07 Å². The number of primary sulfonamides is 1. The average molecular weight is 305 g/mol. The number of fused-ring (bicyclic) bond motifs is 1. The van der Waals surface area contributed by atoms with Crippen LogP contribution in [0.4, 0.5) is 5.69 Å². The first-order valence-corrected chi connectivity index (χ1v) is 7.76. The van der Waals surface area contributed by atoms with Crippen molar-refractivity contribution in [3.05, 3.63) is 30.0 Å². The summed E-state index contributed by atoms with van der Waals surface area (Å²) in [5.74, 6) is -0.406. The van der Waals surface area contributed by atoms with Gasteiger partial charge in [-0.2, -0.15) is 5.26 Å². The number of carbonyl (C=O) groups is 1. The number of nitriles is 1. The maximum Gasteiger partial charge on any atom is 0.228 e. The molecule has 2 aromatic rings. The Morgan fingerprint density at radius 2 is 2.10 bits per heavy atom. The molecule has 0 saturated carbocycles. The predicted octanol–water partition coefficient (Wildman–Crippen LogP) is 0.698. The highest BCUT2D eigenvalue weighted by molar-refractivity contribution is 7.89. The van der Waals surface area contributed by atoms with Gasteiger partial charge in [-0.1, -0.05) is 12.1 Å². The second-order valence-corrected chi connectivity index (χ2v) is 6.65. The highest BCUT2D eigenvalue weighted by Gasteiger charge is 2.39. The summed E-state index contributed by atoms with van der Waals surface area (Å²) in [4.78, 5) is 13.4. The first-order valence-electron chi connectivity index (χ1n) is 6.15. The molecule has 21 heavy (non-hydrogen) atoms. The molecule has 1 amide bonds. The summed E-state index contributed by atoms with van der Waals surface area (Å²) in [6, 6.07) is 8.78. The van der Waals surface area contributed by atoms with Crippen molar-refractivity contribution < 1.29 is 17.6 Å². The van der Waals surface area contributed by atoms with Crippen LogP contribution >= 0.6 is 0 Å². The molecule has 1 aliphatic heterocycles. The summed E-state index contributed by atoms with van der Waals surface area (Å²) >= 11 is 0. The van der Waals surface area contributed by atoms with E-state index in [0.717, 1.165) is 0 Å². The number of nitrogens with zero attached hydrogens (tertiary/aromatic N) is 2. The van der Waals surface area contributed by atoms with Crippen molar-refractivity contribution >= 4 is 32.6 Å². The summed E-state index contributed by atoms with van der Waals surface area (Å²) in [5, 5.41) is 13.9. The van der Waals surface area contributed by atoms with E-state index in [4.69, 9.17) is 14.8 Å². The van der Waals surface area contributed by atoms with E-state index in [2.05, 4.69) is 0 Å². The van der Waals surface area contributed by atoms with E-state index >= 15 is 0 Å². The lowest BCUT2D eigenvalue weighted by atomic mass is 10.2. The van der Waals surface area contributed by atoms with Gasteiger partial charge in [0.05, 0.1) is 0 Å². The lowest BCUT2D eigenvalue weighted by Gasteiger charge is -2.15. The molecular weight excluding hydrogens is 294 g/mol. The van der Waals surface area contributed by atoms with Crippen LogP contribution in [-0.2, 0) is 14.8 Å². The summed E-state index contributed by atoms with van der Waals surface area (Å²) in [6.45, 7) is -0.0735. The third-order valence-electron chi connectivity index (χ3n) is 3.49. The van der Waals surface area contributed by atoms with Crippen molar-refractivity contribution in [2.75, 3.05) is 11.4 Å². The second-order valence-electron chi connectivity index (χ2n) is 4.81. The van der Waals surface area contributed by atoms with Gasteiger partial charge in [-0.15, -0.1) is 0 Å². The Balaban J connectivity index is 2.13. The van der Waals surface area contributed by atoms with Crippen LogP contribution in [0.15, 0.2) is 28.7 Å². The molecule has 1 atom stereocenters. The molecule has 1 aromatic carbocycles. The molecule has 7 nitrogen and oxygen atoms in total. The molecule has 0 bridgehead atoms. The van der Waals surface area contributed by atoms with E-state index in [-0.39, 0.29) is 18.7 Å². The fourth-order valence-electron chi connectivity index (χ4n) is 2.49. The number of nitrogens with two attached hydrogens (primary N) is 1. The van der Waals surface area contributed by atoms with E-state index in [1.165, 1.54) is 4.90 Å². The number of rotatable bonds is 2. The number of hydrogen-bond donors (Lipinski definition) is 1. The minimum atomic E-state index is -3.81. The molecule has 1 aliphatic rings. The highest BCUT2D eigenvalue weighted by atomic mass is 32.2. The number of anilines is 1. The molecule has 1 aromatic heterocycles. The molecule has 1 saturated heterocycles. The zero-order valence-electron chi connectivity index (χ0n) is 10.8. The van der Waals surface area contributed by atoms with Gasteiger partial charge in [0.25, 0.3) is 0 Å². The SMILES string of the molecule is N#Cc1oc2ccccc2c1N1CC(S(N)(=O)=O)CC1=O. The molecule has 0 radical (unpaired) electrons.